The second-order valence-corrected chi connectivity index (χ2v) is 6.92. The monoisotopic (exact) mass is 393 g/mol. The van der Waals surface area contributed by atoms with E-state index in [-0.39, 0.29) is 18.0 Å². The van der Waals surface area contributed by atoms with Gasteiger partial charge in [-0.15, -0.1) is 0 Å². The van der Waals surface area contributed by atoms with Crippen molar-refractivity contribution in [1.29, 1.82) is 0 Å². The Hall–Kier alpha value is -3.42. The lowest BCUT2D eigenvalue weighted by atomic mass is 10.1. The van der Waals surface area contributed by atoms with Crippen molar-refractivity contribution in [1.82, 2.24) is 24.4 Å². The fraction of sp³-hybridized carbons (Fsp3) is 0.333. The Morgan fingerprint density at radius 3 is 2.62 bits per heavy atom. The fourth-order valence-corrected chi connectivity index (χ4v) is 3.36. The average molecular weight is 393 g/mol. The molecule has 0 bridgehead atoms. The smallest absolute Gasteiger partial charge is 0.319 e. The van der Waals surface area contributed by atoms with Gasteiger partial charge in [0.05, 0.1) is 13.4 Å². The summed E-state index contributed by atoms with van der Waals surface area (Å²) in [6, 6.07) is 9.77. The Balaban J connectivity index is 1.30. The quantitative estimate of drug-likeness (QED) is 0.640. The standard InChI is InChI=1S/C21H23N5O3/c1-28-21-23-9-6-19(24-21)29-18-7-11-26(12-8-18)20(27)17-4-2-16(3-5-17)14-25-13-10-22-15-25/h2-6,9-10,13,15,18H,7-8,11-12,14H2,1H3. The largest absolute Gasteiger partial charge is 0.474 e. The molecule has 150 valence electrons. The first-order chi connectivity index (χ1) is 14.2. The lowest BCUT2D eigenvalue weighted by Crippen LogP contribution is -2.41. The summed E-state index contributed by atoms with van der Waals surface area (Å²) in [6.07, 6.45) is 8.61. The molecule has 0 aliphatic carbocycles. The highest BCUT2D eigenvalue weighted by Gasteiger charge is 2.25. The van der Waals surface area contributed by atoms with Gasteiger partial charge in [0.15, 0.2) is 0 Å². The van der Waals surface area contributed by atoms with E-state index in [1.807, 2.05) is 39.9 Å². The molecule has 0 spiro atoms. The maximum atomic E-state index is 12.8. The number of carbonyl (C=O) groups excluding carboxylic acids is 1. The molecule has 1 aliphatic heterocycles. The lowest BCUT2D eigenvalue weighted by Gasteiger charge is -2.32. The number of aromatic nitrogens is 4. The Labute approximate surface area is 169 Å². The number of nitrogens with zero attached hydrogens (tertiary/aromatic N) is 5. The number of rotatable bonds is 6. The van der Waals surface area contributed by atoms with Crippen LogP contribution >= 0.6 is 0 Å². The molecule has 1 saturated heterocycles. The van der Waals surface area contributed by atoms with Crippen molar-refractivity contribution >= 4 is 5.91 Å². The molecular formula is C21H23N5O3. The summed E-state index contributed by atoms with van der Waals surface area (Å²) in [5, 5.41) is 0. The van der Waals surface area contributed by atoms with E-state index in [1.54, 1.807) is 24.8 Å². The Kier molecular flexibility index (Phi) is 5.69. The van der Waals surface area contributed by atoms with E-state index in [4.69, 9.17) is 9.47 Å². The number of methoxy groups -OCH3 is 1. The molecule has 2 aromatic heterocycles. The lowest BCUT2D eigenvalue weighted by molar-refractivity contribution is 0.0586. The van der Waals surface area contributed by atoms with Crippen LogP contribution in [0.15, 0.2) is 55.2 Å². The second kappa shape index (κ2) is 8.72. The van der Waals surface area contributed by atoms with Crippen LogP contribution in [0.25, 0.3) is 0 Å². The van der Waals surface area contributed by atoms with Crippen LogP contribution < -0.4 is 9.47 Å². The molecule has 0 atom stereocenters. The molecular weight excluding hydrogens is 370 g/mol. The van der Waals surface area contributed by atoms with Crippen molar-refractivity contribution in [3.05, 3.63) is 66.4 Å². The normalized spacial score (nSPS) is 14.6. The average Bonchev–Trinajstić information content (AvgIpc) is 3.27. The van der Waals surface area contributed by atoms with Gasteiger partial charge in [-0.3, -0.25) is 4.79 Å². The second-order valence-electron chi connectivity index (χ2n) is 6.92. The van der Waals surface area contributed by atoms with Gasteiger partial charge in [0.1, 0.15) is 6.10 Å². The molecule has 0 N–H and O–H groups in total. The van der Waals surface area contributed by atoms with E-state index in [1.165, 1.54) is 7.11 Å². The zero-order valence-corrected chi connectivity index (χ0v) is 16.3. The van der Waals surface area contributed by atoms with Gasteiger partial charge in [-0.05, 0) is 17.7 Å². The first kappa shape index (κ1) is 18.9. The number of likely N-dealkylation sites (tertiary alicyclic amines) is 1. The zero-order valence-electron chi connectivity index (χ0n) is 16.3. The van der Waals surface area contributed by atoms with Crippen LogP contribution in [0.5, 0.6) is 11.9 Å². The number of hydrogen-bond acceptors (Lipinski definition) is 6. The first-order valence-electron chi connectivity index (χ1n) is 9.59. The molecule has 1 fully saturated rings. The van der Waals surface area contributed by atoms with E-state index in [9.17, 15) is 4.79 Å². The predicted octanol–water partition coefficient (Wildman–Crippen LogP) is 2.41. The molecule has 0 saturated carbocycles. The SMILES string of the molecule is COc1nccc(OC2CCN(C(=O)c3ccc(Cn4ccnc4)cc3)CC2)n1. The predicted molar refractivity (Wildman–Crippen MR) is 106 cm³/mol. The van der Waals surface area contributed by atoms with Gasteiger partial charge in [-0.1, -0.05) is 12.1 Å². The van der Waals surface area contributed by atoms with Gasteiger partial charge in [-0.25, -0.2) is 9.97 Å². The van der Waals surface area contributed by atoms with E-state index >= 15 is 0 Å². The van der Waals surface area contributed by atoms with Gasteiger partial charge in [0, 0.05) is 62.7 Å². The number of hydrogen-bond donors (Lipinski definition) is 0. The van der Waals surface area contributed by atoms with E-state index < -0.39 is 0 Å². The topological polar surface area (TPSA) is 82.4 Å². The van der Waals surface area contributed by atoms with Gasteiger partial charge in [-0.2, -0.15) is 4.98 Å². The van der Waals surface area contributed by atoms with Crippen LogP contribution in [-0.2, 0) is 6.54 Å². The van der Waals surface area contributed by atoms with Crippen molar-refractivity contribution in [2.75, 3.05) is 20.2 Å². The Morgan fingerprint density at radius 2 is 1.93 bits per heavy atom. The summed E-state index contributed by atoms with van der Waals surface area (Å²) in [7, 11) is 1.52. The van der Waals surface area contributed by atoms with E-state index in [0.717, 1.165) is 24.9 Å². The highest BCUT2D eigenvalue weighted by Crippen LogP contribution is 2.20. The molecule has 8 nitrogen and oxygen atoms in total. The minimum atomic E-state index is 0.0243. The van der Waals surface area contributed by atoms with Crippen molar-refractivity contribution in [3.63, 3.8) is 0 Å². The van der Waals surface area contributed by atoms with Gasteiger partial charge in [0.25, 0.3) is 5.91 Å². The van der Waals surface area contributed by atoms with Crippen LogP contribution in [0, 0.1) is 0 Å². The van der Waals surface area contributed by atoms with E-state index in [0.29, 0.717) is 24.5 Å². The molecule has 8 heteroatoms. The summed E-state index contributed by atoms with van der Waals surface area (Å²) in [6.45, 7) is 2.05. The molecule has 3 heterocycles. The fourth-order valence-electron chi connectivity index (χ4n) is 3.36. The summed E-state index contributed by atoms with van der Waals surface area (Å²) in [5.41, 5.74) is 1.84. The Bertz CT molecular complexity index is 935. The van der Waals surface area contributed by atoms with Crippen LogP contribution in [0.2, 0.25) is 0 Å². The molecule has 4 rings (SSSR count). The highest BCUT2D eigenvalue weighted by atomic mass is 16.5. The third-order valence-electron chi connectivity index (χ3n) is 4.93. The number of benzene rings is 1. The summed E-state index contributed by atoms with van der Waals surface area (Å²) < 4.78 is 12.9. The summed E-state index contributed by atoms with van der Waals surface area (Å²) in [5.74, 6) is 0.552. The van der Waals surface area contributed by atoms with Crippen molar-refractivity contribution in [3.8, 4) is 11.9 Å². The number of amides is 1. The summed E-state index contributed by atoms with van der Waals surface area (Å²) >= 11 is 0. The minimum Gasteiger partial charge on any atom is -0.474 e. The first-order valence-corrected chi connectivity index (χ1v) is 9.59. The molecule has 3 aromatic rings. The van der Waals surface area contributed by atoms with Gasteiger partial charge >= 0.3 is 6.01 Å². The van der Waals surface area contributed by atoms with Crippen molar-refractivity contribution in [2.24, 2.45) is 0 Å². The molecule has 0 unspecified atom stereocenters. The molecule has 1 aliphatic rings. The highest BCUT2D eigenvalue weighted by molar-refractivity contribution is 5.94. The number of carbonyl (C=O) groups is 1. The number of imidazole rings is 1. The zero-order chi connectivity index (χ0) is 20.1. The van der Waals surface area contributed by atoms with Gasteiger partial charge in [0.2, 0.25) is 5.88 Å². The molecule has 29 heavy (non-hydrogen) atoms. The third kappa shape index (κ3) is 4.71. The summed E-state index contributed by atoms with van der Waals surface area (Å²) in [4.78, 5) is 26.9. The third-order valence-corrected chi connectivity index (χ3v) is 4.93. The molecule has 1 amide bonds. The maximum Gasteiger partial charge on any atom is 0.319 e. The van der Waals surface area contributed by atoms with Crippen LogP contribution in [0.4, 0.5) is 0 Å². The maximum absolute atomic E-state index is 12.8. The van der Waals surface area contributed by atoms with Crippen molar-refractivity contribution < 1.29 is 14.3 Å². The van der Waals surface area contributed by atoms with Crippen LogP contribution in [-0.4, -0.2) is 56.6 Å². The number of ether oxygens (including phenoxy) is 2. The van der Waals surface area contributed by atoms with Crippen molar-refractivity contribution in [2.45, 2.75) is 25.5 Å². The van der Waals surface area contributed by atoms with Gasteiger partial charge < -0.3 is 18.9 Å². The van der Waals surface area contributed by atoms with Crippen LogP contribution in [0.1, 0.15) is 28.8 Å². The number of piperidine rings is 1. The molecule has 1 aromatic carbocycles. The Morgan fingerprint density at radius 1 is 1.14 bits per heavy atom. The minimum absolute atomic E-state index is 0.0243. The van der Waals surface area contributed by atoms with Crippen LogP contribution in [0.3, 0.4) is 0 Å². The van der Waals surface area contributed by atoms with E-state index in [2.05, 4.69) is 15.0 Å². The molecule has 0 radical (unpaired) electrons.